The maximum Gasteiger partial charge on any atom is 0.165 e. The molecule has 0 amide bonds. The molecule has 0 radical (unpaired) electrons. The Morgan fingerprint density at radius 1 is 1.11 bits per heavy atom. The predicted molar refractivity (Wildman–Crippen MR) is 78.7 cm³/mol. The van der Waals surface area contributed by atoms with E-state index in [2.05, 4.69) is 0 Å². The third-order valence-electron chi connectivity index (χ3n) is 2.79. The number of rotatable bonds is 4. The zero-order valence-corrected chi connectivity index (χ0v) is 11.8. The fourth-order valence-corrected chi connectivity index (χ4v) is 3.12. The number of ether oxygens (including phenoxy) is 1. The molecule has 3 nitrogen and oxygen atoms in total. The molecule has 2 aromatic rings. The molecule has 0 aliphatic heterocycles. The average Bonchev–Trinajstić information content (AvgIpc) is 2.41. The number of Topliss-reactive ketones (excluding diaryl/α,β-unsaturated/α-hetero) is 1. The molecule has 19 heavy (non-hydrogen) atoms. The Hall–Kier alpha value is -1.86. The van der Waals surface area contributed by atoms with E-state index in [4.69, 9.17) is 4.74 Å². The van der Waals surface area contributed by atoms with Crippen LogP contribution in [0.15, 0.2) is 42.5 Å². The predicted octanol–water partition coefficient (Wildman–Crippen LogP) is 2.23. The normalized spacial score (nSPS) is 10.8. The highest BCUT2D eigenvalue weighted by Gasteiger charge is 2.11. The minimum absolute atomic E-state index is 0.0329. The first-order valence-corrected chi connectivity index (χ1v) is 6.86. The SMILES string of the molecule is COc1cccc(Pc2ccccc2C(C)=O)c1O. The second kappa shape index (κ2) is 5.85. The average molecular weight is 274 g/mol. The van der Waals surface area contributed by atoms with Gasteiger partial charge in [-0.1, -0.05) is 45.0 Å². The third-order valence-corrected chi connectivity index (χ3v) is 4.17. The second-order valence-electron chi connectivity index (χ2n) is 4.08. The monoisotopic (exact) mass is 274 g/mol. The zero-order valence-electron chi connectivity index (χ0n) is 10.8. The molecule has 0 saturated carbocycles. The second-order valence-corrected chi connectivity index (χ2v) is 5.41. The van der Waals surface area contributed by atoms with Crippen LogP contribution in [-0.2, 0) is 0 Å². The third kappa shape index (κ3) is 2.94. The van der Waals surface area contributed by atoms with Gasteiger partial charge < -0.3 is 9.84 Å². The number of carbonyl (C=O) groups is 1. The van der Waals surface area contributed by atoms with E-state index in [9.17, 15) is 9.90 Å². The fourth-order valence-electron chi connectivity index (χ4n) is 1.83. The number of methoxy groups -OCH3 is 1. The van der Waals surface area contributed by atoms with Crippen molar-refractivity contribution in [1.82, 2.24) is 0 Å². The van der Waals surface area contributed by atoms with Gasteiger partial charge in [0.2, 0.25) is 0 Å². The van der Waals surface area contributed by atoms with Crippen molar-refractivity contribution in [1.29, 1.82) is 0 Å². The van der Waals surface area contributed by atoms with Gasteiger partial charge in [-0.25, -0.2) is 0 Å². The molecule has 0 heterocycles. The highest BCUT2D eigenvalue weighted by Crippen LogP contribution is 2.28. The number of phenolic OH excluding ortho intramolecular Hbond substituents is 1. The number of carbonyl (C=O) groups excluding carboxylic acids is 1. The molecule has 0 aliphatic carbocycles. The van der Waals surface area contributed by atoms with Gasteiger partial charge in [-0.05, 0) is 18.3 Å². The highest BCUT2D eigenvalue weighted by atomic mass is 31.1. The number of aromatic hydroxyl groups is 1. The first-order chi connectivity index (χ1) is 9.13. The number of para-hydroxylation sites is 1. The summed E-state index contributed by atoms with van der Waals surface area (Å²) < 4.78 is 5.09. The van der Waals surface area contributed by atoms with Gasteiger partial charge in [0.1, 0.15) is 0 Å². The van der Waals surface area contributed by atoms with Crippen molar-refractivity contribution in [2.45, 2.75) is 6.92 Å². The lowest BCUT2D eigenvalue weighted by Gasteiger charge is -2.10. The number of phenols is 1. The molecule has 1 N–H and O–H groups in total. The quantitative estimate of drug-likeness (QED) is 0.687. The van der Waals surface area contributed by atoms with E-state index < -0.39 is 0 Å². The van der Waals surface area contributed by atoms with Crippen molar-refractivity contribution in [3.05, 3.63) is 48.0 Å². The van der Waals surface area contributed by atoms with E-state index in [1.165, 1.54) is 7.11 Å². The van der Waals surface area contributed by atoms with Crippen LogP contribution in [0.3, 0.4) is 0 Å². The van der Waals surface area contributed by atoms with Crippen molar-refractivity contribution in [2.24, 2.45) is 0 Å². The van der Waals surface area contributed by atoms with E-state index in [-0.39, 0.29) is 20.1 Å². The Labute approximate surface area is 114 Å². The Morgan fingerprint density at radius 2 is 1.79 bits per heavy atom. The molecule has 98 valence electrons. The molecule has 0 fully saturated rings. The molecular formula is C15H15O3P. The van der Waals surface area contributed by atoms with Crippen molar-refractivity contribution in [3.8, 4) is 11.5 Å². The first-order valence-electron chi connectivity index (χ1n) is 5.86. The molecular weight excluding hydrogens is 259 g/mol. The van der Waals surface area contributed by atoms with Crippen LogP contribution in [0, 0.1) is 0 Å². The van der Waals surface area contributed by atoms with Crippen molar-refractivity contribution in [2.75, 3.05) is 7.11 Å². The summed E-state index contributed by atoms with van der Waals surface area (Å²) in [7, 11) is 1.74. The summed E-state index contributed by atoms with van der Waals surface area (Å²) in [6, 6.07) is 12.8. The van der Waals surface area contributed by atoms with Gasteiger partial charge in [-0.15, -0.1) is 0 Å². The van der Waals surface area contributed by atoms with Crippen LogP contribution in [-0.4, -0.2) is 18.0 Å². The van der Waals surface area contributed by atoms with E-state index >= 15 is 0 Å². The molecule has 0 saturated heterocycles. The molecule has 0 aliphatic rings. The summed E-state index contributed by atoms with van der Waals surface area (Å²) in [6.07, 6.45) is 0. The van der Waals surface area contributed by atoms with Crippen molar-refractivity contribution < 1.29 is 14.6 Å². The zero-order chi connectivity index (χ0) is 13.8. The smallest absolute Gasteiger partial charge is 0.165 e. The molecule has 0 aromatic heterocycles. The molecule has 1 unspecified atom stereocenters. The first kappa shape index (κ1) is 13.6. The molecule has 4 heteroatoms. The molecule has 2 rings (SSSR count). The maximum atomic E-state index is 11.6. The fraction of sp³-hybridized carbons (Fsp3) is 0.133. The summed E-state index contributed by atoms with van der Waals surface area (Å²) in [5.74, 6) is 0.623. The minimum Gasteiger partial charge on any atom is -0.504 e. The Bertz CT molecular complexity index is 608. The van der Waals surface area contributed by atoms with Crippen LogP contribution in [0.4, 0.5) is 0 Å². The number of ketones is 1. The van der Waals surface area contributed by atoms with Crippen LogP contribution in [0.5, 0.6) is 11.5 Å². The van der Waals surface area contributed by atoms with E-state index in [1.54, 1.807) is 13.0 Å². The van der Waals surface area contributed by atoms with Crippen LogP contribution in [0.2, 0.25) is 0 Å². The summed E-state index contributed by atoms with van der Waals surface area (Å²) in [5.41, 5.74) is 0.697. The number of benzene rings is 2. The molecule has 0 bridgehead atoms. The lowest BCUT2D eigenvalue weighted by Crippen LogP contribution is -2.12. The van der Waals surface area contributed by atoms with Crippen LogP contribution >= 0.6 is 8.58 Å². The van der Waals surface area contributed by atoms with Crippen molar-refractivity contribution >= 4 is 25.0 Å². The Kier molecular flexibility index (Phi) is 4.18. The number of hydrogen-bond acceptors (Lipinski definition) is 3. The van der Waals surface area contributed by atoms with Crippen LogP contribution < -0.4 is 15.3 Å². The van der Waals surface area contributed by atoms with Crippen LogP contribution in [0.1, 0.15) is 17.3 Å². The molecule has 2 aromatic carbocycles. The van der Waals surface area contributed by atoms with Gasteiger partial charge in [0.25, 0.3) is 0 Å². The minimum atomic E-state index is 0.0329. The molecule has 0 spiro atoms. The lowest BCUT2D eigenvalue weighted by atomic mass is 10.1. The van der Waals surface area contributed by atoms with Gasteiger partial charge in [0, 0.05) is 10.9 Å². The van der Waals surface area contributed by atoms with E-state index in [1.807, 2.05) is 36.4 Å². The van der Waals surface area contributed by atoms with Crippen molar-refractivity contribution in [3.63, 3.8) is 0 Å². The van der Waals surface area contributed by atoms with Gasteiger partial charge in [0.05, 0.1) is 7.11 Å². The highest BCUT2D eigenvalue weighted by molar-refractivity contribution is 7.56. The molecule has 1 atom stereocenters. The maximum absolute atomic E-state index is 11.6. The largest absolute Gasteiger partial charge is 0.504 e. The summed E-state index contributed by atoms with van der Waals surface area (Å²) in [6.45, 7) is 1.55. The van der Waals surface area contributed by atoms with Gasteiger partial charge in [-0.2, -0.15) is 0 Å². The number of hydrogen-bond donors (Lipinski definition) is 1. The standard InChI is InChI=1S/C15H15O3P/c1-10(16)11-6-3-4-8-13(11)19-14-9-5-7-12(18-2)15(14)17/h3-9,17,19H,1-2H3. The van der Waals surface area contributed by atoms with Crippen LogP contribution in [0.25, 0.3) is 0 Å². The van der Waals surface area contributed by atoms with Gasteiger partial charge >= 0.3 is 0 Å². The van der Waals surface area contributed by atoms with Gasteiger partial charge in [-0.3, -0.25) is 4.79 Å². The Balaban J connectivity index is 2.39. The lowest BCUT2D eigenvalue weighted by molar-refractivity contribution is 0.101. The Morgan fingerprint density at radius 3 is 2.47 bits per heavy atom. The van der Waals surface area contributed by atoms with E-state index in [0.29, 0.717) is 11.3 Å². The topological polar surface area (TPSA) is 46.5 Å². The van der Waals surface area contributed by atoms with E-state index in [0.717, 1.165) is 10.6 Å². The summed E-state index contributed by atoms with van der Waals surface area (Å²) >= 11 is 0. The summed E-state index contributed by atoms with van der Waals surface area (Å²) in [5, 5.41) is 11.8. The van der Waals surface area contributed by atoms with Gasteiger partial charge in [0.15, 0.2) is 17.3 Å². The summed E-state index contributed by atoms with van der Waals surface area (Å²) in [4.78, 5) is 11.6.